The van der Waals surface area contributed by atoms with Crippen LogP contribution in [0.1, 0.15) is 73.3 Å². The van der Waals surface area contributed by atoms with E-state index < -0.39 is 51.0 Å². The van der Waals surface area contributed by atoms with Crippen molar-refractivity contribution in [2.24, 2.45) is 0 Å². The van der Waals surface area contributed by atoms with Crippen LogP contribution in [0.2, 0.25) is 0 Å². The fraction of sp³-hybridized carbons (Fsp3) is 0.171. The lowest BCUT2D eigenvalue weighted by Gasteiger charge is -2.26. The molecule has 0 aliphatic heterocycles. The summed E-state index contributed by atoms with van der Waals surface area (Å²) in [4.78, 5) is 96.2. The summed E-state index contributed by atoms with van der Waals surface area (Å²) >= 11 is 1.78. The molecule has 0 saturated heterocycles. The zero-order valence-electron chi connectivity index (χ0n) is 34.4. The maximum Gasteiger partial charge on any atom is 0.436 e. The predicted molar refractivity (Wildman–Crippen MR) is 236 cm³/mol. The highest BCUT2D eigenvalue weighted by Crippen LogP contribution is 2.35. The summed E-state index contributed by atoms with van der Waals surface area (Å²) in [7, 11) is 0. The number of carboxylic acid groups (broad SMARTS) is 1. The number of nitro groups is 2. The lowest BCUT2D eigenvalue weighted by atomic mass is 9.94. The van der Waals surface area contributed by atoms with Gasteiger partial charge in [-0.1, -0.05) is 54.6 Å². The number of nitrogens with one attached hydrogen (secondary N) is 3. The van der Waals surface area contributed by atoms with Gasteiger partial charge in [-0.15, -0.1) is 32.9 Å². The van der Waals surface area contributed by atoms with Crippen LogP contribution in [0.15, 0.2) is 91.0 Å². The number of para-hydroxylation sites is 2. The number of carboxylic acids is 1. The van der Waals surface area contributed by atoms with E-state index in [9.17, 15) is 54.1 Å². The number of carbonyl (C=O) groups excluding carboxylic acids is 5. The number of amides is 3. The summed E-state index contributed by atoms with van der Waals surface area (Å²) in [6.07, 6.45) is -1.64. The minimum atomic E-state index is -1.22. The van der Waals surface area contributed by atoms with Crippen LogP contribution >= 0.6 is 22.7 Å². The quantitative estimate of drug-likeness (QED) is 0.0669. The van der Waals surface area contributed by atoms with Crippen molar-refractivity contribution in [3.8, 4) is 0 Å². The average Bonchev–Trinajstić information content (AvgIpc) is 4.06. The number of rotatable bonds is 12. The van der Waals surface area contributed by atoms with E-state index in [-0.39, 0.29) is 72.4 Å². The van der Waals surface area contributed by atoms with E-state index >= 15 is 0 Å². The number of thiophene rings is 2. The van der Waals surface area contributed by atoms with Gasteiger partial charge in [0.1, 0.15) is 25.7 Å². The largest absolute Gasteiger partial charge is 0.477 e. The molecule has 7 aromatic rings. The van der Waals surface area contributed by atoms with Gasteiger partial charge in [0.2, 0.25) is 0 Å². The molecule has 0 spiro atoms. The molecule has 0 aliphatic carbocycles. The number of benzene rings is 3. The van der Waals surface area contributed by atoms with Crippen LogP contribution in [0.4, 0.5) is 32.6 Å². The second-order valence-electron chi connectivity index (χ2n) is 13.8. The number of aromatic nitrogens is 4. The van der Waals surface area contributed by atoms with Gasteiger partial charge >= 0.3 is 18.2 Å². The van der Waals surface area contributed by atoms with Crippen molar-refractivity contribution in [1.29, 1.82) is 0 Å². The number of fused-ring (bicyclic) bond motifs is 2. The molecule has 24 heteroatoms. The Bertz CT molecular complexity index is 3030. The zero-order chi connectivity index (χ0) is 47.2. The Hall–Kier alpha value is -8.38. The predicted octanol–water partition coefficient (Wildman–Crippen LogP) is 7.89. The molecule has 0 fully saturated rings. The van der Waals surface area contributed by atoms with Gasteiger partial charge in [0.25, 0.3) is 29.1 Å². The number of hydrogen-bond acceptors (Lipinski definition) is 16. The number of nitrogens with zero attached hydrogens (tertiary/aromatic N) is 6. The Balaban J connectivity index is 0.000000224. The van der Waals surface area contributed by atoms with Crippen LogP contribution in [0.5, 0.6) is 0 Å². The Kier molecular flexibility index (Phi) is 13.7. The monoisotopic (exact) mass is 925 g/mol. The summed E-state index contributed by atoms with van der Waals surface area (Å²) in [5.74, 6) is -3.37. The first-order chi connectivity index (χ1) is 30.9. The molecule has 0 atom stereocenters. The summed E-state index contributed by atoms with van der Waals surface area (Å²) in [6.45, 7) is 7.11. The van der Waals surface area contributed by atoms with Crippen molar-refractivity contribution in [3.63, 3.8) is 0 Å². The SMILES string of the molecule is CCOC(=O)n1nc(NC(=O)c2ccccc2[N+](=O)[O-])c2cc(C(=O)NC(C)(C)c3ccccc3)sc21.CCOC(=O)n1nc(NC(=O)c2ccccc2[N+](=O)[O-])c2cc(C(=O)O)sc21. The highest BCUT2D eigenvalue weighted by Gasteiger charge is 2.29. The van der Waals surface area contributed by atoms with Gasteiger partial charge in [-0.25, -0.2) is 14.4 Å². The van der Waals surface area contributed by atoms with Crippen LogP contribution < -0.4 is 16.0 Å². The molecule has 334 valence electrons. The number of nitro benzene ring substituents is 2. The molecule has 4 aromatic heterocycles. The highest BCUT2D eigenvalue weighted by molar-refractivity contribution is 7.21. The fourth-order valence-electron chi connectivity index (χ4n) is 6.11. The Morgan fingerprint density at radius 1 is 0.662 bits per heavy atom. The third-order valence-electron chi connectivity index (χ3n) is 9.11. The van der Waals surface area contributed by atoms with Gasteiger partial charge in [0.15, 0.2) is 11.6 Å². The molecule has 0 unspecified atom stereocenters. The van der Waals surface area contributed by atoms with Gasteiger partial charge in [-0.05, 0) is 57.5 Å². The number of anilines is 2. The number of ether oxygens (including phenoxy) is 2. The van der Waals surface area contributed by atoms with Gasteiger partial charge in [-0.3, -0.25) is 34.6 Å². The fourth-order valence-corrected chi connectivity index (χ4v) is 8.04. The second kappa shape index (κ2) is 19.3. The molecule has 3 aromatic carbocycles. The Labute approximate surface area is 373 Å². The molecule has 4 N–H and O–H groups in total. The average molecular weight is 926 g/mol. The van der Waals surface area contributed by atoms with Crippen LogP contribution in [0.3, 0.4) is 0 Å². The number of hydrogen-bond donors (Lipinski definition) is 4. The molecule has 7 rings (SSSR count). The first-order valence-corrected chi connectivity index (χ1v) is 20.7. The van der Waals surface area contributed by atoms with Crippen molar-refractivity contribution < 1.29 is 53.2 Å². The van der Waals surface area contributed by atoms with E-state index in [1.165, 1.54) is 60.7 Å². The van der Waals surface area contributed by atoms with Crippen LogP contribution in [0.25, 0.3) is 20.4 Å². The summed E-state index contributed by atoms with van der Waals surface area (Å²) in [5, 5.41) is 48.2. The van der Waals surface area contributed by atoms with E-state index in [0.29, 0.717) is 5.39 Å². The van der Waals surface area contributed by atoms with E-state index in [0.717, 1.165) is 37.6 Å². The molecule has 65 heavy (non-hydrogen) atoms. The minimum absolute atomic E-state index is 0.0381. The highest BCUT2D eigenvalue weighted by atomic mass is 32.1. The Morgan fingerprint density at radius 3 is 1.51 bits per heavy atom. The molecule has 0 aliphatic rings. The van der Waals surface area contributed by atoms with Crippen LogP contribution in [0, 0.1) is 20.2 Å². The van der Waals surface area contributed by atoms with Gasteiger partial charge < -0.3 is 30.5 Å². The van der Waals surface area contributed by atoms with E-state index in [2.05, 4.69) is 26.1 Å². The van der Waals surface area contributed by atoms with Crippen molar-refractivity contribution >= 4 is 102 Å². The lowest BCUT2D eigenvalue weighted by molar-refractivity contribution is -0.385. The summed E-state index contributed by atoms with van der Waals surface area (Å²) in [6, 6.07) is 23.0. The molecule has 22 nitrogen and oxygen atoms in total. The summed E-state index contributed by atoms with van der Waals surface area (Å²) < 4.78 is 11.7. The minimum Gasteiger partial charge on any atom is -0.477 e. The molecule has 3 amide bonds. The topological polar surface area (TPSA) is 299 Å². The van der Waals surface area contributed by atoms with Crippen molar-refractivity contribution in [2.75, 3.05) is 23.8 Å². The van der Waals surface area contributed by atoms with Gasteiger partial charge in [-0.2, -0.15) is 9.36 Å². The normalized spacial score (nSPS) is 11.0. The van der Waals surface area contributed by atoms with Crippen LogP contribution in [-0.2, 0) is 15.0 Å². The smallest absolute Gasteiger partial charge is 0.436 e. The maximum absolute atomic E-state index is 13.2. The zero-order valence-corrected chi connectivity index (χ0v) is 36.1. The van der Waals surface area contributed by atoms with Gasteiger partial charge in [0, 0.05) is 12.1 Å². The third kappa shape index (κ3) is 9.97. The first-order valence-electron chi connectivity index (χ1n) is 19.1. The van der Waals surface area contributed by atoms with Crippen LogP contribution in [-0.4, -0.2) is 83.6 Å². The van der Waals surface area contributed by atoms with E-state index in [1.807, 2.05) is 44.2 Å². The molecule has 4 heterocycles. The molecular weight excluding hydrogens is 891 g/mol. The van der Waals surface area contributed by atoms with Crippen molar-refractivity contribution in [3.05, 3.63) is 138 Å². The van der Waals surface area contributed by atoms with Gasteiger partial charge in [0.05, 0.1) is 44.2 Å². The molecule has 0 bridgehead atoms. The van der Waals surface area contributed by atoms with E-state index in [4.69, 9.17) is 9.47 Å². The second-order valence-corrected chi connectivity index (χ2v) is 15.8. The van der Waals surface area contributed by atoms with E-state index in [1.54, 1.807) is 13.8 Å². The summed E-state index contributed by atoms with van der Waals surface area (Å²) in [5.41, 5.74) is -0.957. The number of aromatic carboxylic acids is 1. The molecule has 0 saturated carbocycles. The first kappa shape index (κ1) is 46.1. The number of carbonyl (C=O) groups is 6. The molecular formula is C41H35N9O13S2. The van der Waals surface area contributed by atoms with Crippen molar-refractivity contribution in [1.82, 2.24) is 24.9 Å². The standard InChI is InChI=1S/C25H23N5O6S.C16H12N4O7S/c1-4-36-24(33)29-23-17(20(28-29)26-21(31)16-12-8-9-13-18(16)30(34)35)14-19(37-23)22(32)27-25(2,3)15-10-6-5-7-11-15;1-2-27-16(24)19-14-9(7-11(28-14)15(22)23)12(18-19)17-13(21)8-5-3-4-6-10(8)20(25)26/h5-14H,4H2,1-3H3,(H,27,32)(H,26,28,31);3-7H,2H2,1H3,(H,22,23)(H,17,18,21). The Morgan fingerprint density at radius 2 is 1.08 bits per heavy atom. The maximum atomic E-state index is 13.2. The lowest BCUT2D eigenvalue weighted by Crippen LogP contribution is -2.40. The molecule has 0 radical (unpaired) electrons. The third-order valence-corrected chi connectivity index (χ3v) is 11.3. The van der Waals surface area contributed by atoms with Crippen molar-refractivity contribution in [2.45, 2.75) is 33.2 Å².